The van der Waals surface area contributed by atoms with E-state index in [1.54, 1.807) is 0 Å². The Bertz CT molecular complexity index is 276. The molecule has 17 heavy (non-hydrogen) atoms. The minimum atomic E-state index is -0.584. The summed E-state index contributed by atoms with van der Waals surface area (Å²) in [5.74, 6) is 0.866. The van der Waals surface area contributed by atoms with Gasteiger partial charge >= 0.3 is 5.97 Å². The summed E-state index contributed by atoms with van der Waals surface area (Å²) >= 11 is 0. The first-order chi connectivity index (χ1) is 8.08. The van der Waals surface area contributed by atoms with Crippen molar-refractivity contribution in [2.45, 2.75) is 57.9 Å². The smallest absolute Gasteiger partial charge is 0.324 e. The lowest BCUT2D eigenvalue weighted by Crippen LogP contribution is -2.64. The maximum Gasteiger partial charge on any atom is 0.324 e. The quantitative estimate of drug-likeness (QED) is 0.820. The molecule has 0 spiro atoms. The Morgan fingerprint density at radius 2 is 1.94 bits per heavy atom. The molecule has 0 aromatic rings. The van der Waals surface area contributed by atoms with Crippen LogP contribution in [-0.4, -0.2) is 34.6 Å². The van der Waals surface area contributed by atoms with E-state index in [-0.39, 0.29) is 0 Å². The Kier molecular flexibility index (Phi) is 3.76. The van der Waals surface area contributed by atoms with Crippen molar-refractivity contribution in [3.05, 3.63) is 0 Å². The molecule has 2 aliphatic rings. The van der Waals surface area contributed by atoms with Crippen LogP contribution in [0.25, 0.3) is 0 Å². The second-order valence-corrected chi connectivity index (χ2v) is 6.08. The molecule has 1 aliphatic carbocycles. The van der Waals surface area contributed by atoms with E-state index in [1.807, 2.05) is 0 Å². The summed E-state index contributed by atoms with van der Waals surface area (Å²) in [4.78, 5) is 13.9. The second-order valence-electron chi connectivity index (χ2n) is 6.08. The molecule has 2 fully saturated rings. The molecule has 0 radical (unpaired) electrons. The third-order valence-corrected chi connectivity index (χ3v) is 4.76. The fourth-order valence-electron chi connectivity index (χ4n) is 3.42. The van der Waals surface area contributed by atoms with Crippen molar-refractivity contribution in [2.75, 3.05) is 13.1 Å². The molecular weight excluding hydrogens is 214 g/mol. The van der Waals surface area contributed by atoms with Gasteiger partial charge in [0, 0.05) is 13.1 Å². The van der Waals surface area contributed by atoms with Crippen LogP contribution in [0.2, 0.25) is 0 Å². The van der Waals surface area contributed by atoms with Crippen LogP contribution in [0.1, 0.15) is 52.4 Å². The molecule has 1 N–H and O–H groups in total. The highest BCUT2D eigenvalue weighted by atomic mass is 16.4. The van der Waals surface area contributed by atoms with E-state index in [0.29, 0.717) is 5.92 Å². The molecule has 1 saturated heterocycles. The fourth-order valence-corrected chi connectivity index (χ4v) is 3.42. The van der Waals surface area contributed by atoms with E-state index in [9.17, 15) is 9.90 Å². The van der Waals surface area contributed by atoms with Crippen molar-refractivity contribution in [2.24, 2.45) is 11.8 Å². The monoisotopic (exact) mass is 239 g/mol. The summed E-state index contributed by atoms with van der Waals surface area (Å²) in [6, 6.07) is 0. The Labute approximate surface area is 104 Å². The minimum absolute atomic E-state index is 0.517. The zero-order chi connectivity index (χ0) is 12.5. The standard InChI is InChI=1S/C14H25NO2/c1-3-4-12-9-15(10-12)14(13(16)17)7-5-11(2)6-8-14/h11-12H,3-10H2,1-2H3,(H,16,17). The average Bonchev–Trinajstić information content (AvgIpc) is 2.24. The van der Waals surface area contributed by atoms with E-state index >= 15 is 0 Å². The van der Waals surface area contributed by atoms with Gasteiger partial charge in [0.1, 0.15) is 5.54 Å². The molecule has 3 heteroatoms. The highest BCUT2D eigenvalue weighted by molar-refractivity contribution is 5.79. The number of rotatable bonds is 4. The van der Waals surface area contributed by atoms with E-state index < -0.39 is 11.5 Å². The summed E-state index contributed by atoms with van der Waals surface area (Å²) < 4.78 is 0. The zero-order valence-electron chi connectivity index (χ0n) is 11.1. The number of hydrogen-bond donors (Lipinski definition) is 1. The number of nitrogens with zero attached hydrogens (tertiary/aromatic N) is 1. The van der Waals surface area contributed by atoms with Crippen LogP contribution in [0.4, 0.5) is 0 Å². The third-order valence-electron chi connectivity index (χ3n) is 4.76. The normalized spacial score (nSPS) is 35.5. The first-order valence-corrected chi connectivity index (χ1v) is 7.07. The summed E-state index contributed by atoms with van der Waals surface area (Å²) in [5, 5.41) is 9.58. The van der Waals surface area contributed by atoms with Gasteiger partial charge in [-0.2, -0.15) is 0 Å². The van der Waals surface area contributed by atoms with Gasteiger partial charge in [-0.1, -0.05) is 20.3 Å². The molecular formula is C14H25NO2. The lowest BCUT2D eigenvalue weighted by atomic mass is 9.73. The van der Waals surface area contributed by atoms with Crippen LogP contribution in [0.5, 0.6) is 0 Å². The molecule has 2 rings (SSSR count). The molecule has 1 saturated carbocycles. The number of likely N-dealkylation sites (tertiary alicyclic amines) is 1. The van der Waals surface area contributed by atoms with Gasteiger partial charge in [0.2, 0.25) is 0 Å². The lowest BCUT2D eigenvalue weighted by Gasteiger charge is -2.52. The second kappa shape index (κ2) is 4.97. The van der Waals surface area contributed by atoms with Gasteiger partial charge in [-0.15, -0.1) is 0 Å². The molecule has 1 aliphatic heterocycles. The molecule has 0 unspecified atom stereocenters. The predicted molar refractivity (Wildman–Crippen MR) is 68.0 cm³/mol. The SMILES string of the molecule is CCCC1CN(C2(C(=O)O)CCC(C)CC2)C1. The Morgan fingerprint density at radius 3 is 2.41 bits per heavy atom. The number of carboxylic acids is 1. The summed E-state index contributed by atoms with van der Waals surface area (Å²) in [7, 11) is 0. The first-order valence-electron chi connectivity index (χ1n) is 7.07. The van der Waals surface area contributed by atoms with Crippen molar-refractivity contribution in [3.63, 3.8) is 0 Å². The van der Waals surface area contributed by atoms with Gasteiger partial charge in [-0.25, -0.2) is 0 Å². The van der Waals surface area contributed by atoms with Crippen molar-refractivity contribution in [3.8, 4) is 0 Å². The highest BCUT2D eigenvalue weighted by Crippen LogP contribution is 2.40. The van der Waals surface area contributed by atoms with Crippen molar-refractivity contribution < 1.29 is 9.90 Å². The zero-order valence-corrected chi connectivity index (χ0v) is 11.1. The maximum atomic E-state index is 11.6. The van der Waals surface area contributed by atoms with Crippen LogP contribution < -0.4 is 0 Å². The van der Waals surface area contributed by atoms with Gasteiger partial charge in [0.05, 0.1) is 0 Å². The first kappa shape index (κ1) is 12.9. The van der Waals surface area contributed by atoms with Gasteiger partial charge in [-0.05, 0) is 43.9 Å². The Hall–Kier alpha value is -0.570. The molecule has 0 atom stereocenters. The molecule has 0 bridgehead atoms. The van der Waals surface area contributed by atoms with Crippen LogP contribution >= 0.6 is 0 Å². The Morgan fingerprint density at radius 1 is 1.35 bits per heavy atom. The summed E-state index contributed by atoms with van der Waals surface area (Å²) in [6.07, 6.45) is 6.31. The number of hydrogen-bond acceptors (Lipinski definition) is 2. The highest BCUT2D eigenvalue weighted by Gasteiger charge is 2.50. The average molecular weight is 239 g/mol. The van der Waals surface area contributed by atoms with E-state index in [0.717, 1.165) is 44.7 Å². The number of carboxylic acid groups (broad SMARTS) is 1. The lowest BCUT2D eigenvalue weighted by molar-refractivity contribution is -0.161. The van der Waals surface area contributed by atoms with Crippen molar-refractivity contribution in [1.29, 1.82) is 0 Å². The van der Waals surface area contributed by atoms with E-state index in [1.165, 1.54) is 12.8 Å². The van der Waals surface area contributed by atoms with Gasteiger partial charge in [0.15, 0.2) is 0 Å². The number of carbonyl (C=O) groups is 1. The fraction of sp³-hybridized carbons (Fsp3) is 0.929. The predicted octanol–water partition coefficient (Wildman–Crippen LogP) is 2.75. The summed E-state index contributed by atoms with van der Waals surface area (Å²) in [5.41, 5.74) is -0.517. The van der Waals surface area contributed by atoms with Crippen molar-refractivity contribution >= 4 is 5.97 Å². The molecule has 1 heterocycles. The molecule has 3 nitrogen and oxygen atoms in total. The molecule has 0 amide bonds. The van der Waals surface area contributed by atoms with Crippen LogP contribution in [0.3, 0.4) is 0 Å². The van der Waals surface area contributed by atoms with Crippen LogP contribution in [-0.2, 0) is 4.79 Å². The number of aliphatic carboxylic acids is 1. The Balaban J connectivity index is 1.97. The van der Waals surface area contributed by atoms with Crippen LogP contribution in [0.15, 0.2) is 0 Å². The van der Waals surface area contributed by atoms with Crippen molar-refractivity contribution in [1.82, 2.24) is 4.90 Å². The van der Waals surface area contributed by atoms with Gasteiger partial charge < -0.3 is 5.11 Å². The third kappa shape index (κ3) is 2.35. The maximum absolute atomic E-state index is 11.6. The molecule has 0 aromatic heterocycles. The van der Waals surface area contributed by atoms with Crippen LogP contribution in [0, 0.1) is 11.8 Å². The van der Waals surface area contributed by atoms with Gasteiger partial charge in [0.25, 0.3) is 0 Å². The van der Waals surface area contributed by atoms with E-state index in [4.69, 9.17) is 0 Å². The summed E-state index contributed by atoms with van der Waals surface area (Å²) in [6.45, 7) is 6.46. The topological polar surface area (TPSA) is 40.5 Å². The molecule has 98 valence electrons. The van der Waals surface area contributed by atoms with E-state index in [2.05, 4.69) is 18.7 Å². The molecule has 0 aromatic carbocycles. The largest absolute Gasteiger partial charge is 0.480 e. The minimum Gasteiger partial charge on any atom is -0.480 e. The van der Waals surface area contributed by atoms with Gasteiger partial charge in [-0.3, -0.25) is 9.69 Å².